The van der Waals surface area contributed by atoms with Gasteiger partial charge in [-0.25, -0.2) is 14.4 Å². The van der Waals surface area contributed by atoms with E-state index in [1.165, 1.54) is 64.0 Å². The van der Waals surface area contributed by atoms with Crippen LogP contribution in [0, 0.1) is 5.82 Å². The van der Waals surface area contributed by atoms with Crippen molar-refractivity contribution in [1.82, 2.24) is 14.9 Å². The molecule has 2 fully saturated rings. The Morgan fingerprint density at radius 2 is 1.81 bits per heavy atom. The quantitative estimate of drug-likeness (QED) is 0.308. The van der Waals surface area contributed by atoms with Crippen molar-refractivity contribution in [1.29, 1.82) is 0 Å². The first-order valence-corrected chi connectivity index (χ1v) is 13.6. The van der Waals surface area contributed by atoms with E-state index in [2.05, 4.69) is 20.2 Å². The molecule has 0 spiro atoms. The van der Waals surface area contributed by atoms with E-state index < -0.39 is 5.82 Å². The van der Waals surface area contributed by atoms with E-state index in [4.69, 9.17) is 21.1 Å². The predicted octanol–water partition coefficient (Wildman–Crippen LogP) is 7.13. The summed E-state index contributed by atoms with van der Waals surface area (Å²) in [5.41, 5.74) is 1.38. The first-order valence-electron chi connectivity index (χ1n) is 13.2. The maximum Gasteiger partial charge on any atom is 0.145 e. The number of anilines is 2. The molecule has 36 heavy (non-hydrogen) atoms. The minimum Gasteiger partial charge on any atom is -0.493 e. The van der Waals surface area contributed by atoms with Gasteiger partial charge < -0.3 is 19.7 Å². The van der Waals surface area contributed by atoms with Gasteiger partial charge in [-0.15, -0.1) is 0 Å². The number of fused-ring (bicyclic) bond motifs is 1. The maximum atomic E-state index is 13.7. The molecule has 0 unspecified atom stereocenters. The highest BCUT2D eigenvalue weighted by atomic mass is 35.5. The first kappa shape index (κ1) is 25.0. The van der Waals surface area contributed by atoms with Crippen molar-refractivity contribution in [3.8, 4) is 11.5 Å². The summed E-state index contributed by atoms with van der Waals surface area (Å²) in [5, 5.41) is 4.10. The molecule has 2 heterocycles. The lowest BCUT2D eigenvalue weighted by molar-refractivity contribution is 0.210. The summed E-state index contributed by atoms with van der Waals surface area (Å²) in [7, 11) is 0. The summed E-state index contributed by atoms with van der Waals surface area (Å²) in [5.74, 6) is 1.58. The largest absolute Gasteiger partial charge is 0.493 e. The standard InChI is InChI=1S/C28H34ClFN4O2/c29-23-16-20(10-11-24(23)30)33-28-27-25(31-19-32-28)17-22(18-26(27)36-21-8-3-4-9-21)35-15-7-14-34-12-5-1-2-6-13-34/h10-11,16-19,21H,1-9,12-15H2,(H,31,32,33). The molecule has 0 atom stereocenters. The predicted molar refractivity (Wildman–Crippen MR) is 142 cm³/mol. The summed E-state index contributed by atoms with van der Waals surface area (Å²) < 4.78 is 26.3. The number of benzene rings is 2. The third-order valence-corrected chi connectivity index (χ3v) is 7.33. The van der Waals surface area contributed by atoms with Crippen molar-refractivity contribution < 1.29 is 13.9 Å². The van der Waals surface area contributed by atoms with Gasteiger partial charge in [0.15, 0.2) is 0 Å². The molecule has 1 saturated carbocycles. The molecule has 1 aromatic heterocycles. The second kappa shape index (κ2) is 12.1. The van der Waals surface area contributed by atoms with E-state index in [1.807, 2.05) is 12.1 Å². The van der Waals surface area contributed by atoms with Crippen LogP contribution < -0.4 is 14.8 Å². The smallest absolute Gasteiger partial charge is 0.145 e. The second-order valence-corrected chi connectivity index (χ2v) is 10.2. The Kier molecular flexibility index (Phi) is 8.39. The molecular formula is C28H34ClFN4O2. The van der Waals surface area contributed by atoms with Crippen molar-refractivity contribution in [2.24, 2.45) is 0 Å². The van der Waals surface area contributed by atoms with Gasteiger partial charge in [0.05, 0.1) is 28.6 Å². The maximum absolute atomic E-state index is 13.7. The first-order chi connectivity index (χ1) is 17.7. The zero-order chi connectivity index (χ0) is 24.7. The Morgan fingerprint density at radius 3 is 2.58 bits per heavy atom. The molecule has 1 aliphatic heterocycles. The molecule has 0 amide bonds. The Hall–Kier alpha value is -2.64. The van der Waals surface area contributed by atoms with Crippen LogP contribution in [-0.4, -0.2) is 47.2 Å². The lowest BCUT2D eigenvalue weighted by Crippen LogP contribution is -2.26. The van der Waals surface area contributed by atoms with Crippen LogP contribution in [-0.2, 0) is 0 Å². The number of ether oxygens (including phenoxy) is 2. The number of hydrogen-bond donors (Lipinski definition) is 1. The van der Waals surface area contributed by atoms with E-state index in [1.54, 1.807) is 12.1 Å². The van der Waals surface area contributed by atoms with E-state index in [9.17, 15) is 4.39 Å². The summed E-state index contributed by atoms with van der Waals surface area (Å²) in [6.07, 6.45) is 12.4. The molecule has 1 aliphatic carbocycles. The summed E-state index contributed by atoms with van der Waals surface area (Å²) in [4.78, 5) is 11.5. The molecule has 3 aromatic rings. The second-order valence-electron chi connectivity index (χ2n) is 9.77. The molecule has 2 aliphatic rings. The van der Waals surface area contributed by atoms with Crippen LogP contribution in [0.1, 0.15) is 57.8 Å². The zero-order valence-electron chi connectivity index (χ0n) is 20.6. The van der Waals surface area contributed by atoms with E-state index in [-0.39, 0.29) is 11.1 Å². The van der Waals surface area contributed by atoms with Crippen molar-refractivity contribution in [3.05, 3.63) is 47.5 Å². The van der Waals surface area contributed by atoms with Gasteiger partial charge in [-0.2, -0.15) is 0 Å². The molecule has 5 rings (SSSR count). The molecule has 8 heteroatoms. The van der Waals surface area contributed by atoms with Crippen LogP contribution >= 0.6 is 11.6 Å². The molecule has 0 radical (unpaired) electrons. The van der Waals surface area contributed by atoms with Crippen LogP contribution in [0.3, 0.4) is 0 Å². The van der Waals surface area contributed by atoms with Crippen LogP contribution in [0.2, 0.25) is 5.02 Å². The van der Waals surface area contributed by atoms with E-state index in [0.717, 1.165) is 42.5 Å². The lowest BCUT2D eigenvalue weighted by Gasteiger charge is -2.20. The molecule has 6 nitrogen and oxygen atoms in total. The molecular weight excluding hydrogens is 479 g/mol. The molecule has 0 bridgehead atoms. The highest BCUT2D eigenvalue weighted by Gasteiger charge is 2.21. The van der Waals surface area contributed by atoms with Gasteiger partial charge in [-0.1, -0.05) is 24.4 Å². The van der Waals surface area contributed by atoms with E-state index in [0.29, 0.717) is 23.9 Å². The zero-order valence-corrected chi connectivity index (χ0v) is 21.4. The summed E-state index contributed by atoms with van der Waals surface area (Å²) in [6.45, 7) is 4.10. The van der Waals surface area contributed by atoms with Gasteiger partial charge in [0.2, 0.25) is 0 Å². The molecule has 1 N–H and O–H groups in total. The number of rotatable bonds is 9. The van der Waals surface area contributed by atoms with Crippen LogP contribution in [0.4, 0.5) is 15.9 Å². The van der Waals surface area contributed by atoms with E-state index >= 15 is 0 Å². The van der Waals surface area contributed by atoms with Gasteiger partial charge in [0, 0.05) is 24.4 Å². The van der Waals surface area contributed by atoms with Crippen LogP contribution in [0.15, 0.2) is 36.7 Å². The normalized spacial score (nSPS) is 17.3. The minimum absolute atomic E-state index is 0.0525. The van der Waals surface area contributed by atoms with Gasteiger partial charge in [-0.05, 0) is 76.2 Å². The number of hydrogen-bond acceptors (Lipinski definition) is 6. The fourth-order valence-electron chi connectivity index (χ4n) is 5.13. The average Bonchev–Trinajstić information content (AvgIpc) is 3.25. The lowest BCUT2D eigenvalue weighted by atomic mass is 10.2. The number of nitrogens with zero attached hydrogens (tertiary/aromatic N) is 3. The summed E-state index contributed by atoms with van der Waals surface area (Å²) >= 11 is 5.99. The molecule has 1 saturated heterocycles. The topological polar surface area (TPSA) is 59.5 Å². The van der Waals surface area contributed by atoms with Gasteiger partial charge in [0.1, 0.15) is 29.5 Å². The number of aromatic nitrogens is 2. The Balaban J connectivity index is 1.35. The van der Waals surface area contributed by atoms with Crippen LogP contribution in [0.5, 0.6) is 11.5 Å². The SMILES string of the molecule is Fc1ccc(Nc2ncnc3cc(OCCCN4CCCCCC4)cc(OC4CCCC4)c23)cc1Cl. The Bertz CT molecular complexity index is 1160. The van der Waals surface area contributed by atoms with Gasteiger partial charge in [0.25, 0.3) is 0 Å². The van der Waals surface area contributed by atoms with Crippen molar-refractivity contribution in [2.45, 2.75) is 63.9 Å². The number of halogens is 2. The van der Waals surface area contributed by atoms with Gasteiger partial charge >= 0.3 is 0 Å². The number of nitrogens with one attached hydrogen (secondary N) is 1. The molecule has 192 valence electrons. The fraction of sp³-hybridized carbons (Fsp3) is 0.500. The summed E-state index contributed by atoms with van der Waals surface area (Å²) in [6, 6.07) is 8.41. The fourth-order valence-corrected chi connectivity index (χ4v) is 5.32. The minimum atomic E-state index is -0.461. The Labute approximate surface area is 217 Å². The highest BCUT2D eigenvalue weighted by Crippen LogP contribution is 2.38. The van der Waals surface area contributed by atoms with Crippen molar-refractivity contribution in [3.63, 3.8) is 0 Å². The monoisotopic (exact) mass is 512 g/mol. The third-order valence-electron chi connectivity index (χ3n) is 7.04. The highest BCUT2D eigenvalue weighted by molar-refractivity contribution is 6.31. The third kappa shape index (κ3) is 6.37. The van der Waals surface area contributed by atoms with Gasteiger partial charge in [-0.3, -0.25) is 0 Å². The number of likely N-dealkylation sites (tertiary alicyclic amines) is 1. The van der Waals surface area contributed by atoms with Crippen LogP contribution in [0.25, 0.3) is 10.9 Å². The average molecular weight is 513 g/mol. The van der Waals surface area contributed by atoms with Crippen molar-refractivity contribution >= 4 is 34.0 Å². The van der Waals surface area contributed by atoms with Crippen molar-refractivity contribution in [2.75, 3.05) is 31.6 Å². The Morgan fingerprint density at radius 1 is 1.00 bits per heavy atom. The molecule has 2 aromatic carbocycles.